The van der Waals surface area contributed by atoms with Gasteiger partial charge in [-0.25, -0.2) is 15.0 Å². The Hall–Kier alpha value is -2.98. The van der Waals surface area contributed by atoms with Gasteiger partial charge in [0.15, 0.2) is 28.5 Å². The van der Waals surface area contributed by atoms with Crippen molar-refractivity contribution in [3.63, 3.8) is 0 Å². The monoisotopic (exact) mass is 390 g/mol. The summed E-state index contributed by atoms with van der Waals surface area (Å²) >= 11 is 0. The van der Waals surface area contributed by atoms with Crippen LogP contribution in [0.4, 0.5) is 24.8 Å². The van der Waals surface area contributed by atoms with Crippen LogP contribution in [-0.2, 0) is 13.2 Å². The van der Waals surface area contributed by atoms with E-state index in [1.54, 1.807) is 12.7 Å². The van der Waals surface area contributed by atoms with Crippen LogP contribution in [-0.4, -0.2) is 55.9 Å². The first kappa shape index (κ1) is 17.1. The first-order chi connectivity index (χ1) is 13.4. The molecule has 0 N–H and O–H groups in total. The van der Waals surface area contributed by atoms with Gasteiger partial charge in [0.05, 0.1) is 6.33 Å². The van der Waals surface area contributed by atoms with Crippen LogP contribution >= 0.6 is 0 Å². The molecule has 2 aliphatic rings. The zero-order valence-corrected chi connectivity index (χ0v) is 15.0. The molecule has 2 aliphatic heterocycles. The lowest BCUT2D eigenvalue weighted by atomic mass is 10.0. The van der Waals surface area contributed by atoms with Crippen molar-refractivity contribution >= 4 is 22.8 Å². The van der Waals surface area contributed by atoms with Gasteiger partial charge in [-0.3, -0.25) is 0 Å². The van der Waals surface area contributed by atoms with E-state index >= 15 is 0 Å². The van der Waals surface area contributed by atoms with Crippen molar-refractivity contribution in [2.24, 2.45) is 18.9 Å². The van der Waals surface area contributed by atoms with Crippen LogP contribution in [0.25, 0.3) is 11.2 Å². The quantitative estimate of drug-likeness (QED) is 0.660. The van der Waals surface area contributed by atoms with Gasteiger partial charge >= 0.3 is 6.18 Å². The molecule has 0 saturated carbocycles. The lowest BCUT2D eigenvalue weighted by Gasteiger charge is -2.23. The van der Waals surface area contributed by atoms with Crippen LogP contribution < -0.4 is 9.80 Å². The highest BCUT2D eigenvalue weighted by Gasteiger charge is 2.42. The average Bonchev–Trinajstić information content (AvgIpc) is 3.34. The molecule has 0 aromatic carbocycles. The van der Waals surface area contributed by atoms with E-state index in [0.29, 0.717) is 17.7 Å². The van der Waals surface area contributed by atoms with E-state index in [2.05, 4.69) is 30.0 Å². The van der Waals surface area contributed by atoms with E-state index < -0.39 is 11.9 Å². The molecule has 0 radical (unpaired) electrons. The normalized spacial score (nSPS) is 22.3. The van der Waals surface area contributed by atoms with Crippen LogP contribution in [0.2, 0.25) is 0 Å². The molecule has 2 saturated heterocycles. The lowest BCUT2D eigenvalue weighted by molar-refractivity contribution is -0.141. The number of imidazole rings is 1. The molecule has 3 aromatic heterocycles. The number of hydrogen-bond acceptors (Lipinski definition) is 7. The van der Waals surface area contributed by atoms with Gasteiger partial charge in [0.1, 0.15) is 6.33 Å². The molecule has 2 atom stereocenters. The van der Waals surface area contributed by atoms with Gasteiger partial charge in [0.25, 0.3) is 0 Å². The Morgan fingerprint density at radius 1 is 0.929 bits per heavy atom. The van der Waals surface area contributed by atoms with E-state index in [9.17, 15) is 13.2 Å². The summed E-state index contributed by atoms with van der Waals surface area (Å²) in [5, 5.41) is 7.12. The van der Waals surface area contributed by atoms with E-state index in [1.165, 1.54) is 6.07 Å². The summed E-state index contributed by atoms with van der Waals surface area (Å²) in [6.45, 7) is 3.10. The van der Waals surface area contributed by atoms with Gasteiger partial charge in [-0.05, 0) is 12.1 Å². The fourth-order valence-electron chi connectivity index (χ4n) is 4.16. The molecule has 2 unspecified atom stereocenters. The Morgan fingerprint density at radius 3 is 2.29 bits per heavy atom. The molecular formula is C17H17F3N8. The minimum atomic E-state index is -4.47. The van der Waals surface area contributed by atoms with Gasteiger partial charge in [0.2, 0.25) is 0 Å². The fraction of sp³-hybridized carbons (Fsp3) is 0.471. The van der Waals surface area contributed by atoms with E-state index in [1.807, 2.05) is 16.5 Å². The second kappa shape index (κ2) is 6.01. The van der Waals surface area contributed by atoms with Crippen molar-refractivity contribution < 1.29 is 13.2 Å². The predicted molar refractivity (Wildman–Crippen MR) is 94.7 cm³/mol. The molecule has 5 rings (SSSR count). The maximum Gasteiger partial charge on any atom is 0.435 e. The number of rotatable bonds is 2. The summed E-state index contributed by atoms with van der Waals surface area (Å²) < 4.78 is 39.9. The highest BCUT2D eigenvalue weighted by Crippen LogP contribution is 2.36. The average molecular weight is 390 g/mol. The topological polar surface area (TPSA) is 75.9 Å². The molecule has 0 bridgehead atoms. The van der Waals surface area contributed by atoms with Crippen molar-refractivity contribution in [2.45, 2.75) is 6.18 Å². The molecule has 8 nitrogen and oxygen atoms in total. The summed E-state index contributed by atoms with van der Waals surface area (Å²) in [5.74, 6) is 2.10. The number of aromatic nitrogens is 6. The smallest absolute Gasteiger partial charge is 0.354 e. The Kier molecular flexibility index (Phi) is 3.68. The largest absolute Gasteiger partial charge is 0.435 e. The van der Waals surface area contributed by atoms with Gasteiger partial charge in [-0.2, -0.15) is 13.2 Å². The van der Waals surface area contributed by atoms with Gasteiger partial charge < -0.3 is 14.4 Å². The van der Waals surface area contributed by atoms with Crippen LogP contribution in [0, 0.1) is 11.8 Å². The van der Waals surface area contributed by atoms with Crippen molar-refractivity contribution in [1.29, 1.82) is 0 Å². The van der Waals surface area contributed by atoms with E-state index in [4.69, 9.17) is 0 Å². The minimum Gasteiger partial charge on any atom is -0.354 e. The molecule has 3 aromatic rings. The first-order valence-corrected chi connectivity index (χ1v) is 8.93. The minimum absolute atomic E-state index is 0.387. The van der Waals surface area contributed by atoms with E-state index in [-0.39, 0.29) is 0 Å². The molecule has 2 fully saturated rings. The molecular weight excluding hydrogens is 373 g/mol. The van der Waals surface area contributed by atoms with Gasteiger partial charge in [-0.1, -0.05) is 0 Å². The Bertz CT molecular complexity index is 1000. The molecule has 146 valence electrons. The molecule has 11 heteroatoms. The highest BCUT2D eigenvalue weighted by molar-refractivity contribution is 5.83. The maximum atomic E-state index is 12.7. The number of aryl methyl sites for hydroxylation is 1. The Labute approximate surface area is 158 Å². The second-order valence-electron chi connectivity index (χ2n) is 7.33. The molecule has 28 heavy (non-hydrogen) atoms. The highest BCUT2D eigenvalue weighted by atomic mass is 19.4. The summed E-state index contributed by atoms with van der Waals surface area (Å²) in [7, 11) is 1.90. The SMILES string of the molecule is Cn1cnc2c(N3CC4CN(c5ccc(C(F)(F)F)nn5)CC4C3)ncnc21. The maximum absolute atomic E-state index is 12.7. The first-order valence-electron chi connectivity index (χ1n) is 8.93. The third-order valence-corrected chi connectivity index (χ3v) is 5.53. The van der Waals surface area contributed by atoms with Crippen molar-refractivity contribution in [2.75, 3.05) is 36.0 Å². The van der Waals surface area contributed by atoms with Crippen LogP contribution in [0.15, 0.2) is 24.8 Å². The summed E-state index contributed by atoms with van der Waals surface area (Å²) in [6.07, 6.45) is -1.19. The summed E-state index contributed by atoms with van der Waals surface area (Å²) in [4.78, 5) is 17.4. The molecule has 0 spiro atoms. The number of anilines is 2. The molecule has 5 heterocycles. The number of fused-ring (bicyclic) bond motifs is 2. The van der Waals surface area contributed by atoms with E-state index in [0.717, 1.165) is 49.2 Å². The molecule has 0 aliphatic carbocycles. The zero-order chi connectivity index (χ0) is 19.5. The number of halogens is 3. The zero-order valence-electron chi connectivity index (χ0n) is 15.0. The summed E-state index contributed by atoms with van der Waals surface area (Å²) in [5.41, 5.74) is 0.615. The second-order valence-corrected chi connectivity index (χ2v) is 7.33. The van der Waals surface area contributed by atoms with Gasteiger partial charge in [-0.15, -0.1) is 10.2 Å². The van der Waals surface area contributed by atoms with Crippen LogP contribution in [0.3, 0.4) is 0 Å². The lowest BCUT2D eigenvalue weighted by Crippen LogP contribution is -2.30. The number of alkyl halides is 3. The summed E-state index contributed by atoms with van der Waals surface area (Å²) in [6, 6.07) is 2.39. The molecule has 0 amide bonds. The predicted octanol–water partition coefficient (Wildman–Crippen LogP) is 1.74. The Morgan fingerprint density at radius 2 is 1.64 bits per heavy atom. The Balaban J connectivity index is 1.31. The number of nitrogens with zero attached hydrogens (tertiary/aromatic N) is 8. The third-order valence-electron chi connectivity index (χ3n) is 5.53. The van der Waals surface area contributed by atoms with Crippen molar-refractivity contribution in [1.82, 2.24) is 29.7 Å². The van der Waals surface area contributed by atoms with Crippen molar-refractivity contribution in [3.8, 4) is 0 Å². The van der Waals surface area contributed by atoms with Crippen molar-refractivity contribution in [3.05, 3.63) is 30.5 Å². The van der Waals surface area contributed by atoms with Crippen LogP contribution in [0.5, 0.6) is 0 Å². The number of hydrogen-bond donors (Lipinski definition) is 0. The third kappa shape index (κ3) is 2.72. The van der Waals surface area contributed by atoms with Gasteiger partial charge in [0, 0.05) is 45.1 Å². The fourth-order valence-corrected chi connectivity index (χ4v) is 4.16. The van der Waals surface area contributed by atoms with Crippen LogP contribution in [0.1, 0.15) is 5.69 Å². The standard InChI is InChI=1S/C17H17F3N8/c1-26-9-23-14-15(26)21-8-22-16(14)28-6-10-4-27(5-11(10)7-28)13-3-2-12(24-25-13)17(18,19)20/h2-3,8-11H,4-7H2,1H3.